The van der Waals surface area contributed by atoms with Gasteiger partial charge in [-0.2, -0.15) is 0 Å². The van der Waals surface area contributed by atoms with Crippen molar-refractivity contribution in [3.8, 4) is 0 Å². The first-order valence-corrected chi connectivity index (χ1v) is 7.07. The van der Waals surface area contributed by atoms with Crippen LogP contribution in [0.5, 0.6) is 0 Å². The van der Waals surface area contributed by atoms with Crippen LogP contribution in [-0.2, 0) is 0 Å². The van der Waals surface area contributed by atoms with Crippen molar-refractivity contribution in [1.82, 2.24) is 10.6 Å². The zero-order valence-electron chi connectivity index (χ0n) is 12.2. The third kappa shape index (κ3) is 3.35. The first-order chi connectivity index (χ1) is 9.02. The number of aryl methyl sites for hydroxylation is 2. The monoisotopic (exact) mass is 260 g/mol. The van der Waals surface area contributed by atoms with Crippen molar-refractivity contribution in [3.63, 3.8) is 0 Å². The topological polar surface area (TPSA) is 41.1 Å². The average Bonchev–Trinajstić information content (AvgIpc) is 2.37. The Hall–Kier alpha value is -1.35. The van der Waals surface area contributed by atoms with Crippen LogP contribution < -0.4 is 10.6 Å². The zero-order chi connectivity index (χ0) is 13.9. The van der Waals surface area contributed by atoms with Crippen LogP contribution in [0.25, 0.3) is 0 Å². The van der Waals surface area contributed by atoms with E-state index in [-0.39, 0.29) is 11.3 Å². The third-order valence-corrected chi connectivity index (χ3v) is 4.07. The van der Waals surface area contributed by atoms with Crippen LogP contribution in [-0.4, -0.2) is 25.5 Å². The Morgan fingerprint density at radius 3 is 2.63 bits per heavy atom. The number of nitrogens with one attached hydrogen (secondary N) is 2. The van der Waals surface area contributed by atoms with E-state index in [1.807, 2.05) is 32.0 Å². The molecule has 1 aromatic rings. The van der Waals surface area contributed by atoms with Gasteiger partial charge in [0.1, 0.15) is 0 Å². The molecule has 1 aliphatic rings. The van der Waals surface area contributed by atoms with E-state index in [0.717, 1.165) is 36.3 Å². The molecular formula is C16H24N2O. The summed E-state index contributed by atoms with van der Waals surface area (Å²) in [5, 5.41) is 6.52. The summed E-state index contributed by atoms with van der Waals surface area (Å²) in [7, 11) is 0. The minimum Gasteiger partial charge on any atom is -0.351 e. The van der Waals surface area contributed by atoms with Gasteiger partial charge in [0.25, 0.3) is 5.91 Å². The molecular weight excluding hydrogens is 236 g/mol. The molecule has 1 aliphatic heterocycles. The molecule has 1 heterocycles. The van der Waals surface area contributed by atoms with Gasteiger partial charge < -0.3 is 10.6 Å². The summed E-state index contributed by atoms with van der Waals surface area (Å²) in [4.78, 5) is 12.3. The Kier molecular flexibility index (Phi) is 4.25. The molecule has 1 aromatic carbocycles. The van der Waals surface area contributed by atoms with Crippen LogP contribution in [0, 0.1) is 19.3 Å². The van der Waals surface area contributed by atoms with Gasteiger partial charge in [0, 0.05) is 18.7 Å². The lowest BCUT2D eigenvalue weighted by Crippen LogP contribution is -2.45. The molecule has 1 fully saturated rings. The summed E-state index contributed by atoms with van der Waals surface area (Å²) in [5.41, 5.74) is 3.11. The van der Waals surface area contributed by atoms with E-state index in [1.54, 1.807) is 0 Å². The number of benzene rings is 1. The van der Waals surface area contributed by atoms with Gasteiger partial charge in [-0.05, 0) is 49.8 Å². The van der Waals surface area contributed by atoms with Crippen molar-refractivity contribution in [2.75, 3.05) is 19.6 Å². The maximum absolute atomic E-state index is 12.3. The quantitative estimate of drug-likeness (QED) is 0.876. The second-order valence-corrected chi connectivity index (χ2v) is 6.04. The predicted molar refractivity (Wildman–Crippen MR) is 78.5 cm³/mol. The first kappa shape index (κ1) is 14.1. The molecule has 1 amide bonds. The van der Waals surface area contributed by atoms with Gasteiger partial charge >= 0.3 is 0 Å². The predicted octanol–water partition coefficient (Wildman–Crippen LogP) is 2.42. The van der Waals surface area contributed by atoms with E-state index < -0.39 is 0 Å². The van der Waals surface area contributed by atoms with E-state index in [2.05, 4.69) is 17.6 Å². The Balaban J connectivity index is 2.01. The minimum atomic E-state index is 0.0578. The molecule has 2 rings (SSSR count). The first-order valence-electron chi connectivity index (χ1n) is 7.07. The SMILES string of the molecule is Cc1cccc(C)c1C(=O)NCC1(C)CCCNC1. The fourth-order valence-electron chi connectivity index (χ4n) is 2.82. The van der Waals surface area contributed by atoms with Crippen molar-refractivity contribution in [1.29, 1.82) is 0 Å². The second-order valence-electron chi connectivity index (χ2n) is 6.04. The molecule has 3 heteroatoms. The average molecular weight is 260 g/mol. The molecule has 2 N–H and O–H groups in total. The second kappa shape index (κ2) is 5.74. The summed E-state index contributed by atoms with van der Waals surface area (Å²) < 4.78 is 0. The summed E-state index contributed by atoms with van der Waals surface area (Å²) in [5.74, 6) is 0.0578. The van der Waals surface area contributed by atoms with Crippen LogP contribution in [0.2, 0.25) is 0 Å². The highest BCUT2D eigenvalue weighted by atomic mass is 16.1. The van der Waals surface area contributed by atoms with Crippen LogP contribution in [0.3, 0.4) is 0 Å². The summed E-state index contributed by atoms with van der Waals surface area (Å²) in [6.07, 6.45) is 2.36. The maximum Gasteiger partial charge on any atom is 0.251 e. The molecule has 0 spiro atoms. The van der Waals surface area contributed by atoms with E-state index in [4.69, 9.17) is 0 Å². The molecule has 1 saturated heterocycles. The van der Waals surface area contributed by atoms with Gasteiger partial charge in [0.05, 0.1) is 0 Å². The van der Waals surface area contributed by atoms with Gasteiger partial charge in [-0.3, -0.25) is 4.79 Å². The van der Waals surface area contributed by atoms with Gasteiger partial charge in [0.2, 0.25) is 0 Å². The highest BCUT2D eigenvalue weighted by Crippen LogP contribution is 2.24. The Bertz CT molecular complexity index is 442. The van der Waals surface area contributed by atoms with Gasteiger partial charge in [0.15, 0.2) is 0 Å². The molecule has 0 aliphatic carbocycles. The van der Waals surface area contributed by atoms with Crippen molar-refractivity contribution in [2.24, 2.45) is 5.41 Å². The lowest BCUT2D eigenvalue weighted by molar-refractivity contribution is 0.0923. The van der Waals surface area contributed by atoms with Crippen LogP contribution in [0.1, 0.15) is 41.3 Å². The van der Waals surface area contributed by atoms with E-state index in [9.17, 15) is 4.79 Å². The van der Waals surface area contributed by atoms with Crippen molar-refractivity contribution >= 4 is 5.91 Å². The number of rotatable bonds is 3. The smallest absolute Gasteiger partial charge is 0.251 e. The number of carbonyl (C=O) groups is 1. The fourth-order valence-corrected chi connectivity index (χ4v) is 2.82. The lowest BCUT2D eigenvalue weighted by atomic mass is 9.82. The van der Waals surface area contributed by atoms with Crippen LogP contribution in [0.4, 0.5) is 0 Å². The van der Waals surface area contributed by atoms with Crippen molar-refractivity contribution < 1.29 is 4.79 Å². The number of carbonyl (C=O) groups excluding carboxylic acids is 1. The highest BCUT2D eigenvalue weighted by molar-refractivity contribution is 5.97. The third-order valence-electron chi connectivity index (χ3n) is 4.07. The number of hydrogen-bond donors (Lipinski definition) is 2. The fraction of sp³-hybridized carbons (Fsp3) is 0.562. The van der Waals surface area contributed by atoms with Crippen LogP contribution in [0.15, 0.2) is 18.2 Å². The van der Waals surface area contributed by atoms with Gasteiger partial charge in [-0.25, -0.2) is 0 Å². The van der Waals surface area contributed by atoms with E-state index in [1.165, 1.54) is 12.8 Å². The largest absolute Gasteiger partial charge is 0.351 e. The summed E-state index contributed by atoms with van der Waals surface area (Å²) in [6, 6.07) is 5.98. The van der Waals surface area contributed by atoms with Gasteiger partial charge in [-0.15, -0.1) is 0 Å². The Morgan fingerprint density at radius 1 is 1.37 bits per heavy atom. The highest BCUT2D eigenvalue weighted by Gasteiger charge is 2.27. The molecule has 1 unspecified atom stereocenters. The van der Waals surface area contributed by atoms with Crippen LogP contribution >= 0.6 is 0 Å². The maximum atomic E-state index is 12.3. The zero-order valence-corrected chi connectivity index (χ0v) is 12.2. The minimum absolute atomic E-state index is 0.0578. The van der Waals surface area contributed by atoms with E-state index in [0.29, 0.717) is 0 Å². The molecule has 19 heavy (non-hydrogen) atoms. The number of piperidine rings is 1. The standard InChI is InChI=1S/C16H24N2O/c1-12-6-4-7-13(2)14(12)15(19)18-11-16(3)8-5-9-17-10-16/h4,6-7,17H,5,8-11H2,1-3H3,(H,18,19). The van der Waals surface area contributed by atoms with E-state index >= 15 is 0 Å². The number of amides is 1. The normalized spacial score (nSPS) is 23.1. The molecule has 3 nitrogen and oxygen atoms in total. The summed E-state index contributed by atoms with van der Waals surface area (Å²) >= 11 is 0. The number of hydrogen-bond acceptors (Lipinski definition) is 2. The Morgan fingerprint density at radius 2 is 2.05 bits per heavy atom. The Labute approximate surface area is 115 Å². The van der Waals surface area contributed by atoms with Crippen molar-refractivity contribution in [3.05, 3.63) is 34.9 Å². The molecule has 0 saturated carbocycles. The molecule has 1 atom stereocenters. The molecule has 0 bridgehead atoms. The lowest BCUT2D eigenvalue weighted by Gasteiger charge is -2.34. The van der Waals surface area contributed by atoms with Gasteiger partial charge in [-0.1, -0.05) is 25.1 Å². The van der Waals surface area contributed by atoms with Crippen molar-refractivity contribution in [2.45, 2.75) is 33.6 Å². The molecule has 0 aromatic heterocycles. The molecule has 0 radical (unpaired) electrons. The summed E-state index contributed by atoms with van der Waals surface area (Å²) in [6.45, 7) is 9.05. The molecule has 104 valence electrons.